The van der Waals surface area contributed by atoms with E-state index in [4.69, 9.17) is 5.26 Å². The van der Waals surface area contributed by atoms with Gasteiger partial charge in [0.2, 0.25) is 0 Å². The van der Waals surface area contributed by atoms with Crippen molar-refractivity contribution in [1.29, 1.82) is 5.26 Å². The topological polar surface area (TPSA) is 49.8 Å². The summed E-state index contributed by atoms with van der Waals surface area (Å²) in [4.78, 5) is 2.30. The van der Waals surface area contributed by atoms with Gasteiger partial charge in [-0.25, -0.2) is 0 Å². The zero-order chi connectivity index (χ0) is 16.3. The van der Waals surface area contributed by atoms with Gasteiger partial charge >= 0.3 is 0 Å². The highest BCUT2D eigenvalue weighted by atomic mass is 15.3. The molecule has 0 saturated heterocycles. The van der Waals surface area contributed by atoms with E-state index in [0.717, 1.165) is 37.4 Å². The predicted octanol–water partition coefficient (Wildman–Crippen LogP) is 2.54. The molecule has 2 aromatic rings. The Balaban J connectivity index is 1.87. The Labute approximate surface area is 132 Å². The summed E-state index contributed by atoms with van der Waals surface area (Å²) >= 11 is 0. The maximum atomic E-state index is 9.09. The first-order chi connectivity index (χ1) is 10.4. The molecule has 2 rings (SSSR count). The SMILES string of the molecule is Cc1cc(C)n(CCCN(C)Cc2cc(C#N)n(C)c2C)n1. The molecule has 0 aromatic carbocycles. The van der Waals surface area contributed by atoms with Crippen LogP contribution in [0, 0.1) is 32.1 Å². The highest BCUT2D eigenvalue weighted by molar-refractivity contribution is 5.34. The maximum absolute atomic E-state index is 9.09. The second-order valence-electron chi connectivity index (χ2n) is 6.05. The van der Waals surface area contributed by atoms with Crippen LogP contribution in [0.3, 0.4) is 0 Å². The molecule has 0 radical (unpaired) electrons. The zero-order valence-corrected chi connectivity index (χ0v) is 14.2. The Hall–Kier alpha value is -2.06. The van der Waals surface area contributed by atoms with Gasteiger partial charge in [-0.2, -0.15) is 10.4 Å². The Bertz CT molecular complexity index is 687. The molecular formula is C17H25N5. The molecule has 0 unspecified atom stereocenters. The monoisotopic (exact) mass is 299 g/mol. The minimum atomic E-state index is 0.726. The molecule has 118 valence electrons. The van der Waals surface area contributed by atoms with Crippen molar-refractivity contribution in [2.45, 2.75) is 40.3 Å². The quantitative estimate of drug-likeness (QED) is 0.823. The lowest BCUT2D eigenvalue weighted by Crippen LogP contribution is -2.21. The highest BCUT2D eigenvalue weighted by Crippen LogP contribution is 2.15. The second-order valence-corrected chi connectivity index (χ2v) is 6.05. The number of nitrogens with zero attached hydrogens (tertiary/aromatic N) is 5. The van der Waals surface area contributed by atoms with Crippen LogP contribution in [0.5, 0.6) is 0 Å². The van der Waals surface area contributed by atoms with Crippen LogP contribution in [0.25, 0.3) is 0 Å². The van der Waals surface area contributed by atoms with E-state index in [1.54, 1.807) is 0 Å². The minimum absolute atomic E-state index is 0.726. The lowest BCUT2D eigenvalue weighted by Gasteiger charge is -2.17. The van der Waals surface area contributed by atoms with Gasteiger partial charge < -0.3 is 9.47 Å². The van der Waals surface area contributed by atoms with Gasteiger partial charge in [-0.3, -0.25) is 4.68 Å². The fourth-order valence-corrected chi connectivity index (χ4v) is 2.79. The van der Waals surface area contributed by atoms with Crippen LogP contribution >= 0.6 is 0 Å². The summed E-state index contributed by atoms with van der Waals surface area (Å²) in [6, 6.07) is 6.34. The average molecular weight is 299 g/mol. The Morgan fingerprint density at radius 1 is 1.27 bits per heavy atom. The number of nitriles is 1. The summed E-state index contributed by atoms with van der Waals surface area (Å²) in [5.74, 6) is 0. The van der Waals surface area contributed by atoms with Gasteiger partial charge in [0.15, 0.2) is 0 Å². The standard InChI is InChI=1S/C17H25N5/c1-13-9-14(2)22(19-13)8-6-7-20(4)12-16-10-17(11-18)21(5)15(16)3/h9-10H,6-8,12H2,1-5H3. The summed E-state index contributed by atoms with van der Waals surface area (Å²) in [5.41, 5.74) is 5.42. The van der Waals surface area contributed by atoms with Gasteiger partial charge in [0, 0.05) is 31.5 Å². The van der Waals surface area contributed by atoms with Crippen molar-refractivity contribution in [3.05, 3.63) is 40.5 Å². The van der Waals surface area contributed by atoms with Gasteiger partial charge in [0.1, 0.15) is 11.8 Å². The molecule has 0 amide bonds. The summed E-state index contributed by atoms with van der Waals surface area (Å²) in [7, 11) is 4.07. The van der Waals surface area contributed by atoms with Crippen LogP contribution in [-0.2, 0) is 20.1 Å². The fraction of sp³-hybridized carbons (Fsp3) is 0.529. The molecule has 0 atom stereocenters. The predicted molar refractivity (Wildman–Crippen MR) is 87.5 cm³/mol. The summed E-state index contributed by atoms with van der Waals surface area (Å²) in [6.07, 6.45) is 1.06. The van der Waals surface area contributed by atoms with E-state index >= 15 is 0 Å². The molecule has 0 aliphatic carbocycles. The molecule has 0 spiro atoms. The van der Waals surface area contributed by atoms with Gasteiger partial charge in [0.25, 0.3) is 0 Å². The van der Waals surface area contributed by atoms with Crippen LogP contribution in [0.15, 0.2) is 12.1 Å². The Kier molecular flexibility index (Phi) is 5.04. The number of hydrogen-bond acceptors (Lipinski definition) is 3. The molecule has 0 aliphatic rings. The summed E-state index contributed by atoms with van der Waals surface area (Å²) in [5, 5.41) is 13.6. The number of aromatic nitrogens is 3. The van der Waals surface area contributed by atoms with Crippen LogP contribution in [0.4, 0.5) is 0 Å². The molecule has 2 aromatic heterocycles. The van der Waals surface area contributed by atoms with E-state index < -0.39 is 0 Å². The van der Waals surface area contributed by atoms with Crippen molar-refractivity contribution < 1.29 is 0 Å². The minimum Gasteiger partial charge on any atom is -0.340 e. The Morgan fingerprint density at radius 3 is 2.55 bits per heavy atom. The van der Waals surface area contributed by atoms with Crippen molar-refractivity contribution in [2.75, 3.05) is 13.6 Å². The normalized spacial score (nSPS) is 11.1. The highest BCUT2D eigenvalue weighted by Gasteiger charge is 2.10. The average Bonchev–Trinajstić information content (AvgIpc) is 2.92. The molecule has 0 fully saturated rings. The van der Waals surface area contributed by atoms with Crippen molar-refractivity contribution >= 4 is 0 Å². The first-order valence-corrected chi connectivity index (χ1v) is 7.67. The first-order valence-electron chi connectivity index (χ1n) is 7.67. The van der Waals surface area contributed by atoms with Gasteiger partial charge in [-0.1, -0.05) is 0 Å². The molecule has 0 bridgehead atoms. The molecular weight excluding hydrogens is 274 g/mol. The molecule has 0 N–H and O–H groups in total. The number of hydrogen-bond donors (Lipinski definition) is 0. The number of rotatable bonds is 6. The van der Waals surface area contributed by atoms with Crippen molar-refractivity contribution in [3.8, 4) is 6.07 Å². The third kappa shape index (κ3) is 3.58. The van der Waals surface area contributed by atoms with Crippen LogP contribution in [0.1, 0.15) is 34.8 Å². The van der Waals surface area contributed by atoms with E-state index in [1.165, 1.54) is 17.0 Å². The number of aryl methyl sites for hydroxylation is 3. The van der Waals surface area contributed by atoms with E-state index in [2.05, 4.69) is 47.7 Å². The Morgan fingerprint density at radius 2 is 2.00 bits per heavy atom. The third-order valence-electron chi connectivity index (χ3n) is 4.21. The zero-order valence-electron chi connectivity index (χ0n) is 14.2. The lowest BCUT2D eigenvalue weighted by atomic mass is 10.2. The first kappa shape index (κ1) is 16.3. The van der Waals surface area contributed by atoms with Crippen molar-refractivity contribution in [2.24, 2.45) is 7.05 Å². The molecule has 0 aliphatic heterocycles. The molecule has 0 saturated carbocycles. The second kappa shape index (κ2) is 6.80. The van der Waals surface area contributed by atoms with Gasteiger partial charge in [-0.15, -0.1) is 0 Å². The summed E-state index contributed by atoms with van der Waals surface area (Å²) in [6.45, 7) is 9.02. The maximum Gasteiger partial charge on any atom is 0.120 e. The third-order valence-corrected chi connectivity index (χ3v) is 4.21. The largest absolute Gasteiger partial charge is 0.340 e. The van der Waals surface area contributed by atoms with Crippen LogP contribution in [-0.4, -0.2) is 32.8 Å². The van der Waals surface area contributed by atoms with Crippen LogP contribution < -0.4 is 0 Å². The molecule has 22 heavy (non-hydrogen) atoms. The van der Waals surface area contributed by atoms with Crippen molar-refractivity contribution in [1.82, 2.24) is 19.2 Å². The van der Waals surface area contributed by atoms with Gasteiger partial charge in [-0.05, 0) is 58.5 Å². The molecule has 5 heteroatoms. The fourth-order valence-electron chi connectivity index (χ4n) is 2.79. The van der Waals surface area contributed by atoms with E-state index in [1.807, 2.05) is 24.6 Å². The van der Waals surface area contributed by atoms with Crippen LogP contribution in [0.2, 0.25) is 0 Å². The van der Waals surface area contributed by atoms with E-state index in [0.29, 0.717) is 0 Å². The van der Waals surface area contributed by atoms with E-state index in [-0.39, 0.29) is 0 Å². The van der Waals surface area contributed by atoms with E-state index in [9.17, 15) is 0 Å². The molecule has 5 nitrogen and oxygen atoms in total. The summed E-state index contributed by atoms with van der Waals surface area (Å²) < 4.78 is 4.03. The lowest BCUT2D eigenvalue weighted by molar-refractivity contribution is 0.310. The van der Waals surface area contributed by atoms with Gasteiger partial charge in [0.05, 0.1) is 5.69 Å². The smallest absolute Gasteiger partial charge is 0.120 e. The van der Waals surface area contributed by atoms with Crippen molar-refractivity contribution in [3.63, 3.8) is 0 Å². The molecule has 2 heterocycles.